The van der Waals surface area contributed by atoms with E-state index in [1.165, 1.54) is 35.5 Å². The molecule has 8 rings (SSSR count). The summed E-state index contributed by atoms with van der Waals surface area (Å²) in [7, 11) is 0. The van der Waals surface area contributed by atoms with E-state index < -0.39 is 35.4 Å². The standard InChI is InChI=1S/C23H23ClN4O4.C18H14ClN3O4.C5H11NO/c24-17-7-5-15(6-8-17)12-26-22(31)19-11-16-3-1-9-25-21(16)28(23(19)32)13-20(30)27-10-2-4-18(27)14-29;19-13-5-3-11(4-6-13)9-21-17(25)14-8-12-2-1-7-20-16(12)22(18(14)26)10-15(23)24;7-4-5-2-1-3-6-5/h1,3,5-9,11,18,29H,2,4,10,12-14H2,(H,26,31);1-8H,9-10H2,(H,21,25)(H,23,24);5-7H,1-4H2/t18-;;5-/m1.1/s1. The summed E-state index contributed by atoms with van der Waals surface area (Å²) in [6.07, 6.45) is 6.90. The van der Waals surface area contributed by atoms with Crippen LogP contribution in [0, 0.1) is 0 Å². The molecule has 0 bridgehead atoms. The highest BCUT2D eigenvalue weighted by molar-refractivity contribution is 6.30. The molecule has 0 spiro atoms. The van der Waals surface area contributed by atoms with Crippen LogP contribution in [0.3, 0.4) is 0 Å². The molecule has 6 N–H and O–H groups in total. The second-order valence-corrected chi connectivity index (χ2v) is 16.2. The van der Waals surface area contributed by atoms with Crippen LogP contribution in [0.2, 0.25) is 10.0 Å². The smallest absolute Gasteiger partial charge is 0.323 e. The van der Waals surface area contributed by atoms with Gasteiger partial charge in [0.2, 0.25) is 5.91 Å². The van der Waals surface area contributed by atoms with E-state index in [4.69, 9.17) is 33.4 Å². The lowest BCUT2D eigenvalue weighted by molar-refractivity contribution is -0.137. The van der Waals surface area contributed by atoms with E-state index in [2.05, 4.69) is 25.9 Å². The van der Waals surface area contributed by atoms with Gasteiger partial charge >= 0.3 is 5.97 Å². The highest BCUT2D eigenvalue weighted by Gasteiger charge is 2.29. The largest absolute Gasteiger partial charge is 0.480 e. The molecule has 6 aromatic rings. The molecule has 2 atom stereocenters. The van der Waals surface area contributed by atoms with Gasteiger partial charge in [0.05, 0.1) is 19.3 Å². The zero-order valence-electron chi connectivity index (χ0n) is 35.2. The molecule has 2 fully saturated rings. The molecule has 2 aliphatic heterocycles. The number of hydrogen-bond acceptors (Lipinski definition) is 11. The number of rotatable bonds is 12. The summed E-state index contributed by atoms with van der Waals surface area (Å²) in [5, 5.41) is 37.9. The number of fused-ring (bicyclic) bond motifs is 2. The molecule has 3 amide bonds. The minimum Gasteiger partial charge on any atom is -0.480 e. The maximum absolute atomic E-state index is 13.2. The topological polar surface area (TPSA) is 238 Å². The van der Waals surface area contributed by atoms with Crippen LogP contribution in [0.15, 0.2) is 107 Å². The third kappa shape index (κ3) is 12.6. The number of pyridine rings is 4. The number of aliphatic carboxylic acids is 1. The van der Waals surface area contributed by atoms with E-state index in [9.17, 15) is 33.9 Å². The number of aromatic nitrogens is 4. The Kier molecular flexibility index (Phi) is 16.9. The van der Waals surface area contributed by atoms with Crippen LogP contribution in [0.25, 0.3) is 22.1 Å². The van der Waals surface area contributed by atoms with Gasteiger partial charge in [0.15, 0.2) is 0 Å². The molecule has 19 heteroatoms. The van der Waals surface area contributed by atoms with Crippen molar-refractivity contribution in [3.63, 3.8) is 0 Å². The van der Waals surface area contributed by atoms with Crippen molar-refractivity contribution in [2.45, 2.75) is 63.9 Å². The first-order valence-corrected chi connectivity index (χ1v) is 21.6. The third-order valence-electron chi connectivity index (χ3n) is 10.8. The van der Waals surface area contributed by atoms with E-state index in [-0.39, 0.29) is 55.0 Å². The van der Waals surface area contributed by atoms with Gasteiger partial charge in [-0.25, -0.2) is 9.97 Å². The zero-order valence-corrected chi connectivity index (χ0v) is 36.7. The number of aliphatic hydroxyl groups excluding tert-OH is 2. The van der Waals surface area contributed by atoms with Crippen molar-refractivity contribution in [3.05, 3.63) is 150 Å². The van der Waals surface area contributed by atoms with Gasteiger partial charge in [0.1, 0.15) is 35.5 Å². The minimum absolute atomic E-state index is 0.0626. The molecule has 0 aliphatic carbocycles. The first-order chi connectivity index (χ1) is 31.4. The van der Waals surface area contributed by atoms with Crippen LogP contribution in [0.4, 0.5) is 0 Å². The monoisotopic (exact) mass is 926 g/mol. The maximum Gasteiger partial charge on any atom is 0.323 e. The van der Waals surface area contributed by atoms with Gasteiger partial charge in [0.25, 0.3) is 22.9 Å². The Hall–Kier alpha value is -6.50. The lowest BCUT2D eigenvalue weighted by atomic mass is 10.1. The predicted molar refractivity (Wildman–Crippen MR) is 245 cm³/mol. The second-order valence-electron chi connectivity index (χ2n) is 15.3. The van der Waals surface area contributed by atoms with E-state index in [1.54, 1.807) is 77.7 Å². The van der Waals surface area contributed by atoms with E-state index in [0.29, 0.717) is 45.7 Å². The number of carboxylic acids is 1. The van der Waals surface area contributed by atoms with Crippen molar-refractivity contribution >= 4 is 69.0 Å². The Labute approximate surface area is 382 Å². The van der Waals surface area contributed by atoms with Gasteiger partial charge < -0.3 is 36.2 Å². The van der Waals surface area contributed by atoms with Gasteiger partial charge in [-0.05, 0) is 104 Å². The third-order valence-corrected chi connectivity index (χ3v) is 11.3. The second kappa shape index (κ2) is 22.9. The Morgan fingerprint density at radius 1 is 0.692 bits per heavy atom. The van der Waals surface area contributed by atoms with Crippen LogP contribution in [0.5, 0.6) is 0 Å². The van der Waals surface area contributed by atoms with Crippen LogP contribution >= 0.6 is 23.2 Å². The van der Waals surface area contributed by atoms with Crippen LogP contribution < -0.4 is 27.1 Å². The molecule has 2 aromatic carbocycles. The Morgan fingerprint density at radius 3 is 1.63 bits per heavy atom. The van der Waals surface area contributed by atoms with Crippen molar-refractivity contribution in [3.8, 4) is 0 Å². The summed E-state index contributed by atoms with van der Waals surface area (Å²) in [6.45, 7) is 1.42. The summed E-state index contributed by atoms with van der Waals surface area (Å²) in [4.78, 5) is 85.0. The van der Waals surface area contributed by atoms with Crippen LogP contribution in [-0.4, -0.2) is 101 Å². The molecule has 65 heavy (non-hydrogen) atoms. The number of carbonyl (C=O) groups is 4. The van der Waals surface area contributed by atoms with Gasteiger partial charge in [-0.1, -0.05) is 47.5 Å². The van der Waals surface area contributed by atoms with E-state index in [1.807, 2.05) is 0 Å². The Bertz CT molecular complexity index is 2760. The quantitative estimate of drug-likeness (QED) is 0.103. The number of likely N-dealkylation sites (tertiary alicyclic amines) is 1. The number of nitrogens with zero attached hydrogens (tertiary/aromatic N) is 5. The van der Waals surface area contributed by atoms with E-state index >= 15 is 0 Å². The predicted octanol–water partition coefficient (Wildman–Crippen LogP) is 3.76. The van der Waals surface area contributed by atoms with Gasteiger partial charge in [0, 0.05) is 58.9 Å². The summed E-state index contributed by atoms with van der Waals surface area (Å²) >= 11 is 11.7. The fraction of sp³-hybridized carbons (Fsp3) is 0.304. The summed E-state index contributed by atoms with van der Waals surface area (Å²) in [6, 6.07) is 23.8. The maximum atomic E-state index is 13.2. The molecule has 2 saturated heterocycles. The summed E-state index contributed by atoms with van der Waals surface area (Å²) in [5.41, 5.74) is 0.716. The molecule has 2 aliphatic rings. The first-order valence-electron chi connectivity index (χ1n) is 20.9. The molecular formula is C46H48Cl2N8O9. The average Bonchev–Trinajstić information content (AvgIpc) is 4.04. The first kappa shape index (κ1) is 48.0. The molecule has 0 saturated carbocycles. The minimum atomic E-state index is -1.20. The highest BCUT2D eigenvalue weighted by Crippen LogP contribution is 2.19. The van der Waals surface area contributed by atoms with Crippen molar-refractivity contribution in [1.82, 2.24) is 40.0 Å². The number of amides is 3. The van der Waals surface area contributed by atoms with Gasteiger partial charge in [-0.15, -0.1) is 0 Å². The molecular weight excluding hydrogens is 879 g/mol. The lowest BCUT2D eigenvalue weighted by Crippen LogP contribution is -2.42. The number of halogens is 2. The van der Waals surface area contributed by atoms with Crippen molar-refractivity contribution in [2.24, 2.45) is 0 Å². The van der Waals surface area contributed by atoms with Gasteiger partial charge in [-0.2, -0.15) is 0 Å². The number of benzene rings is 2. The summed E-state index contributed by atoms with van der Waals surface area (Å²) < 4.78 is 2.22. The fourth-order valence-corrected chi connectivity index (χ4v) is 7.67. The zero-order chi connectivity index (χ0) is 46.5. The molecule has 17 nitrogen and oxygen atoms in total. The molecule has 4 aromatic heterocycles. The Morgan fingerprint density at radius 2 is 1.20 bits per heavy atom. The van der Waals surface area contributed by atoms with Crippen LogP contribution in [-0.2, 0) is 35.8 Å². The SMILES string of the molecule is O=C(NCc1ccc(Cl)cc1)c1cc2cccnc2n(CC(=O)N2CCC[C@@H]2CO)c1=O.O=C(O)Cn1c(=O)c(C(=O)NCc2ccc(Cl)cc2)cc2cccnc21.OC[C@H]1CCCN1. The molecule has 0 unspecified atom stereocenters. The number of hydrogen-bond donors (Lipinski definition) is 6. The molecule has 340 valence electrons. The van der Waals surface area contributed by atoms with E-state index in [0.717, 1.165) is 41.5 Å². The molecule has 0 radical (unpaired) electrons. The van der Waals surface area contributed by atoms with Gasteiger partial charge in [-0.3, -0.25) is 37.9 Å². The molecule has 6 heterocycles. The number of nitrogens with one attached hydrogen (secondary N) is 3. The van der Waals surface area contributed by atoms with Crippen molar-refractivity contribution in [2.75, 3.05) is 26.3 Å². The highest BCUT2D eigenvalue weighted by atomic mass is 35.5. The Balaban J connectivity index is 0.000000190. The average molecular weight is 928 g/mol. The number of carbonyl (C=O) groups excluding carboxylic acids is 3. The van der Waals surface area contributed by atoms with Crippen molar-refractivity contribution in [1.29, 1.82) is 0 Å². The summed E-state index contributed by atoms with van der Waals surface area (Å²) in [5.74, 6) is -2.60. The normalized spacial score (nSPS) is 15.4. The number of carboxylic acid groups (broad SMARTS) is 1. The lowest BCUT2D eigenvalue weighted by Gasteiger charge is -2.23. The van der Waals surface area contributed by atoms with Crippen LogP contribution in [0.1, 0.15) is 57.5 Å². The number of aliphatic hydroxyl groups is 2. The fourth-order valence-electron chi connectivity index (χ4n) is 7.42. The van der Waals surface area contributed by atoms with Crippen molar-refractivity contribution < 1.29 is 34.5 Å².